The highest BCUT2D eigenvalue weighted by molar-refractivity contribution is 4.91. The van der Waals surface area contributed by atoms with Gasteiger partial charge in [-0.05, 0) is 6.42 Å². The molecule has 1 heterocycles. The number of alkyl halides is 3. The molecular weight excluding hydrogens is 239 g/mol. The van der Waals surface area contributed by atoms with Crippen molar-refractivity contribution in [2.24, 2.45) is 0 Å². The standard InChI is InChI=1S/C9H14F3N3O2/c10-9(11,12)7-17-5-1-3-15-6-8(2-4-16)13-14-15/h6,16H,1-5,7H2. The van der Waals surface area contributed by atoms with E-state index in [1.165, 1.54) is 4.68 Å². The topological polar surface area (TPSA) is 60.2 Å². The Labute approximate surface area is 96.2 Å². The van der Waals surface area contributed by atoms with Crippen LogP contribution in [0.15, 0.2) is 6.20 Å². The van der Waals surface area contributed by atoms with Gasteiger partial charge in [-0.1, -0.05) is 5.21 Å². The average Bonchev–Trinajstić information content (AvgIpc) is 2.64. The third-order valence-electron chi connectivity index (χ3n) is 1.90. The summed E-state index contributed by atoms with van der Waals surface area (Å²) in [6.07, 6.45) is -1.77. The van der Waals surface area contributed by atoms with Gasteiger partial charge in [0.25, 0.3) is 0 Å². The SMILES string of the molecule is OCCc1cn(CCCOCC(F)(F)F)nn1. The number of aliphatic hydroxyl groups is 1. The van der Waals surface area contributed by atoms with E-state index < -0.39 is 12.8 Å². The van der Waals surface area contributed by atoms with Crippen LogP contribution in [0.3, 0.4) is 0 Å². The summed E-state index contributed by atoms with van der Waals surface area (Å²) in [5.41, 5.74) is 0.656. The molecule has 98 valence electrons. The van der Waals surface area contributed by atoms with Crippen molar-refractivity contribution in [1.82, 2.24) is 15.0 Å². The van der Waals surface area contributed by atoms with E-state index in [9.17, 15) is 13.2 Å². The average molecular weight is 253 g/mol. The van der Waals surface area contributed by atoms with Gasteiger partial charge in [-0.3, -0.25) is 4.68 Å². The van der Waals surface area contributed by atoms with Crippen LogP contribution in [0.1, 0.15) is 12.1 Å². The predicted octanol–water partition coefficient (Wildman–Crippen LogP) is 0.782. The van der Waals surface area contributed by atoms with Gasteiger partial charge in [0.05, 0.1) is 5.69 Å². The summed E-state index contributed by atoms with van der Waals surface area (Å²) in [7, 11) is 0. The van der Waals surface area contributed by atoms with E-state index in [2.05, 4.69) is 15.0 Å². The van der Waals surface area contributed by atoms with Crippen LogP contribution in [-0.4, -0.2) is 46.1 Å². The first-order valence-corrected chi connectivity index (χ1v) is 5.15. The Morgan fingerprint density at radius 1 is 1.41 bits per heavy atom. The smallest absolute Gasteiger partial charge is 0.396 e. The second-order valence-electron chi connectivity index (χ2n) is 3.47. The van der Waals surface area contributed by atoms with Gasteiger partial charge in [0.1, 0.15) is 6.61 Å². The first kappa shape index (κ1) is 13.9. The van der Waals surface area contributed by atoms with Crippen molar-refractivity contribution in [3.63, 3.8) is 0 Å². The molecule has 0 unspecified atom stereocenters. The minimum atomic E-state index is -4.28. The molecule has 0 aliphatic carbocycles. The number of hydrogen-bond donors (Lipinski definition) is 1. The van der Waals surface area contributed by atoms with Crippen molar-refractivity contribution in [3.8, 4) is 0 Å². The van der Waals surface area contributed by atoms with Gasteiger partial charge in [0.2, 0.25) is 0 Å². The van der Waals surface area contributed by atoms with Gasteiger partial charge in [0.15, 0.2) is 0 Å². The largest absolute Gasteiger partial charge is 0.411 e. The van der Waals surface area contributed by atoms with Gasteiger partial charge in [-0.2, -0.15) is 13.2 Å². The van der Waals surface area contributed by atoms with Crippen LogP contribution in [0.5, 0.6) is 0 Å². The Morgan fingerprint density at radius 3 is 2.82 bits per heavy atom. The molecule has 1 rings (SSSR count). The molecule has 8 heteroatoms. The first-order chi connectivity index (χ1) is 8.01. The van der Waals surface area contributed by atoms with E-state index >= 15 is 0 Å². The molecule has 0 aliphatic heterocycles. The van der Waals surface area contributed by atoms with Crippen LogP contribution >= 0.6 is 0 Å². The predicted molar refractivity (Wildman–Crippen MR) is 52.3 cm³/mol. The lowest BCUT2D eigenvalue weighted by Gasteiger charge is -2.06. The van der Waals surface area contributed by atoms with E-state index in [0.29, 0.717) is 25.1 Å². The molecule has 0 fully saturated rings. The van der Waals surface area contributed by atoms with E-state index in [-0.39, 0.29) is 13.2 Å². The number of nitrogens with zero attached hydrogens (tertiary/aromatic N) is 3. The number of aryl methyl sites for hydroxylation is 1. The maximum atomic E-state index is 11.7. The Kier molecular flexibility index (Phi) is 5.36. The number of halogens is 3. The van der Waals surface area contributed by atoms with Crippen molar-refractivity contribution in [2.75, 3.05) is 19.8 Å². The van der Waals surface area contributed by atoms with Crippen LogP contribution in [0.25, 0.3) is 0 Å². The number of aromatic nitrogens is 3. The zero-order valence-corrected chi connectivity index (χ0v) is 9.15. The highest BCUT2D eigenvalue weighted by atomic mass is 19.4. The summed E-state index contributed by atoms with van der Waals surface area (Å²) in [5.74, 6) is 0. The molecule has 0 spiro atoms. The molecule has 0 saturated heterocycles. The summed E-state index contributed by atoms with van der Waals surface area (Å²) in [6, 6.07) is 0. The minimum Gasteiger partial charge on any atom is -0.396 e. The molecule has 0 aliphatic rings. The van der Waals surface area contributed by atoms with E-state index in [1.807, 2.05) is 0 Å². The zero-order valence-electron chi connectivity index (χ0n) is 9.15. The Morgan fingerprint density at radius 2 is 2.18 bits per heavy atom. The van der Waals surface area contributed by atoms with E-state index in [0.717, 1.165) is 0 Å². The fraction of sp³-hybridized carbons (Fsp3) is 0.778. The van der Waals surface area contributed by atoms with Gasteiger partial charge >= 0.3 is 6.18 Å². The molecule has 1 aromatic heterocycles. The molecule has 0 atom stereocenters. The first-order valence-electron chi connectivity index (χ1n) is 5.15. The number of ether oxygens (including phenoxy) is 1. The molecule has 5 nitrogen and oxygen atoms in total. The van der Waals surface area contributed by atoms with Crippen molar-refractivity contribution < 1.29 is 23.0 Å². The molecule has 1 N–H and O–H groups in total. The van der Waals surface area contributed by atoms with Gasteiger partial charge in [0, 0.05) is 32.4 Å². The lowest BCUT2D eigenvalue weighted by molar-refractivity contribution is -0.174. The van der Waals surface area contributed by atoms with Crippen molar-refractivity contribution >= 4 is 0 Å². The molecular formula is C9H14F3N3O2. The van der Waals surface area contributed by atoms with Crippen molar-refractivity contribution in [3.05, 3.63) is 11.9 Å². The van der Waals surface area contributed by atoms with Gasteiger partial charge < -0.3 is 9.84 Å². The maximum absolute atomic E-state index is 11.7. The summed E-state index contributed by atoms with van der Waals surface area (Å²) in [4.78, 5) is 0. The van der Waals surface area contributed by atoms with Crippen LogP contribution in [-0.2, 0) is 17.7 Å². The van der Waals surface area contributed by atoms with Crippen LogP contribution < -0.4 is 0 Å². The minimum absolute atomic E-state index is 0.00656. The Bertz CT molecular complexity index is 328. The van der Waals surface area contributed by atoms with E-state index in [4.69, 9.17) is 5.11 Å². The third kappa shape index (κ3) is 6.22. The fourth-order valence-electron chi connectivity index (χ4n) is 1.19. The van der Waals surface area contributed by atoms with Crippen LogP contribution in [0.2, 0.25) is 0 Å². The molecule has 0 aromatic carbocycles. The monoisotopic (exact) mass is 253 g/mol. The molecule has 0 bridgehead atoms. The van der Waals surface area contributed by atoms with Crippen LogP contribution in [0, 0.1) is 0 Å². The summed E-state index contributed by atoms with van der Waals surface area (Å²) < 4.78 is 41.1. The Balaban J connectivity index is 2.13. The fourth-order valence-corrected chi connectivity index (χ4v) is 1.19. The molecule has 17 heavy (non-hydrogen) atoms. The van der Waals surface area contributed by atoms with Crippen LogP contribution in [0.4, 0.5) is 13.2 Å². The second kappa shape index (κ2) is 6.55. The zero-order chi connectivity index (χ0) is 12.7. The van der Waals surface area contributed by atoms with Gasteiger partial charge in [-0.25, -0.2) is 0 Å². The molecule has 0 amide bonds. The number of hydrogen-bond acceptors (Lipinski definition) is 4. The Hall–Kier alpha value is -1.15. The maximum Gasteiger partial charge on any atom is 0.411 e. The molecule has 1 aromatic rings. The van der Waals surface area contributed by atoms with Gasteiger partial charge in [-0.15, -0.1) is 5.10 Å². The highest BCUT2D eigenvalue weighted by Crippen LogP contribution is 2.14. The lowest BCUT2D eigenvalue weighted by Crippen LogP contribution is -2.17. The van der Waals surface area contributed by atoms with Crippen molar-refractivity contribution in [1.29, 1.82) is 0 Å². The molecule has 0 radical (unpaired) electrons. The normalized spacial score (nSPS) is 12.0. The highest BCUT2D eigenvalue weighted by Gasteiger charge is 2.27. The van der Waals surface area contributed by atoms with Crippen molar-refractivity contribution in [2.45, 2.75) is 25.6 Å². The quantitative estimate of drug-likeness (QED) is 0.729. The summed E-state index contributed by atoms with van der Waals surface area (Å²) >= 11 is 0. The lowest BCUT2D eigenvalue weighted by atomic mass is 10.3. The summed E-state index contributed by atoms with van der Waals surface area (Å²) in [5, 5.41) is 16.2. The summed E-state index contributed by atoms with van der Waals surface area (Å²) in [6.45, 7) is -0.765. The third-order valence-corrected chi connectivity index (χ3v) is 1.90. The second-order valence-corrected chi connectivity index (χ2v) is 3.47. The molecule has 0 saturated carbocycles. The number of rotatable bonds is 7. The van der Waals surface area contributed by atoms with E-state index in [1.54, 1.807) is 6.20 Å². The number of aliphatic hydroxyl groups excluding tert-OH is 1.